The van der Waals surface area contributed by atoms with Crippen molar-refractivity contribution in [2.24, 2.45) is 7.05 Å². The van der Waals surface area contributed by atoms with Crippen LogP contribution in [0.5, 0.6) is 0 Å². The molecule has 2 aromatic heterocycles. The smallest absolute Gasteiger partial charge is 0.152 e. The summed E-state index contributed by atoms with van der Waals surface area (Å²) in [5.74, 6) is 1.50. The third-order valence-electron chi connectivity index (χ3n) is 1.93. The van der Waals surface area contributed by atoms with Gasteiger partial charge in [-0.1, -0.05) is 11.6 Å². The summed E-state index contributed by atoms with van der Waals surface area (Å²) in [7, 11) is 1.84. The Hall–Kier alpha value is -1.69. The Labute approximate surface area is 97.7 Å². The van der Waals surface area contributed by atoms with Gasteiger partial charge in [0.1, 0.15) is 12.1 Å². The zero-order chi connectivity index (χ0) is 11.4. The average molecular weight is 239 g/mol. The second-order valence-electron chi connectivity index (χ2n) is 3.25. The fourth-order valence-corrected chi connectivity index (χ4v) is 1.31. The minimum absolute atomic E-state index is 0.386. The largest absolute Gasteiger partial charge is 0.368 e. The Kier molecular flexibility index (Phi) is 3.31. The number of hydrogen-bond donors (Lipinski definition) is 1. The summed E-state index contributed by atoms with van der Waals surface area (Å²) in [6, 6.07) is 3.47. The van der Waals surface area contributed by atoms with Crippen molar-refractivity contribution in [3.05, 3.63) is 29.4 Å². The molecule has 0 fully saturated rings. The lowest BCUT2D eigenvalue weighted by atomic mass is 10.4. The highest BCUT2D eigenvalue weighted by Crippen LogP contribution is 2.05. The predicted octanol–water partition coefficient (Wildman–Crippen LogP) is 0.913. The minimum Gasteiger partial charge on any atom is -0.368 e. The molecule has 7 heteroatoms. The summed E-state index contributed by atoms with van der Waals surface area (Å²) in [5, 5.41) is 15.3. The highest BCUT2D eigenvalue weighted by atomic mass is 35.5. The highest BCUT2D eigenvalue weighted by molar-refractivity contribution is 6.29. The molecule has 2 rings (SSSR count). The highest BCUT2D eigenvalue weighted by Gasteiger charge is 1.99. The molecular formula is C9H11ClN6. The predicted molar refractivity (Wildman–Crippen MR) is 60.2 cm³/mol. The summed E-state index contributed by atoms with van der Waals surface area (Å²) in [4.78, 5) is 4.12. The number of aromatic nitrogens is 5. The number of rotatable bonds is 4. The second kappa shape index (κ2) is 4.89. The quantitative estimate of drug-likeness (QED) is 0.858. The molecule has 0 saturated heterocycles. The molecule has 0 atom stereocenters. The van der Waals surface area contributed by atoms with Crippen molar-refractivity contribution in [1.82, 2.24) is 25.0 Å². The van der Waals surface area contributed by atoms with E-state index >= 15 is 0 Å². The molecule has 84 valence electrons. The van der Waals surface area contributed by atoms with Gasteiger partial charge < -0.3 is 5.32 Å². The molecule has 2 heterocycles. The number of anilines is 1. The van der Waals surface area contributed by atoms with E-state index in [9.17, 15) is 0 Å². The molecule has 0 spiro atoms. The van der Waals surface area contributed by atoms with Crippen molar-refractivity contribution >= 4 is 17.4 Å². The van der Waals surface area contributed by atoms with E-state index in [2.05, 4.69) is 25.6 Å². The van der Waals surface area contributed by atoms with Crippen LogP contribution < -0.4 is 5.32 Å². The van der Waals surface area contributed by atoms with Gasteiger partial charge in [-0.3, -0.25) is 4.68 Å². The normalized spacial score (nSPS) is 10.4. The topological polar surface area (TPSA) is 68.5 Å². The molecule has 0 amide bonds. The third kappa shape index (κ3) is 2.90. The van der Waals surface area contributed by atoms with Crippen molar-refractivity contribution in [2.45, 2.75) is 6.42 Å². The van der Waals surface area contributed by atoms with Crippen LogP contribution in [0.3, 0.4) is 0 Å². The van der Waals surface area contributed by atoms with Gasteiger partial charge in [-0.05, 0) is 12.1 Å². The Morgan fingerprint density at radius 2 is 2.25 bits per heavy atom. The molecule has 0 bridgehead atoms. The first-order valence-electron chi connectivity index (χ1n) is 4.81. The molecule has 0 aliphatic carbocycles. The third-order valence-corrected chi connectivity index (χ3v) is 2.14. The Morgan fingerprint density at radius 3 is 2.88 bits per heavy atom. The number of nitrogens with zero attached hydrogens (tertiary/aromatic N) is 5. The zero-order valence-electron chi connectivity index (χ0n) is 8.76. The Balaban J connectivity index is 1.82. The summed E-state index contributed by atoms with van der Waals surface area (Å²) < 4.78 is 1.68. The average Bonchev–Trinajstić information content (AvgIpc) is 2.67. The number of aryl methyl sites for hydroxylation is 1. The van der Waals surface area contributed by atoms with Crippen LogP contribution in [0.4, 0.5) is 5.82 Å². The van der Waals surface area contributed by atoms with Gasteiger partial charge in [0.05, 0.1) is 0 Å². The maximum Gasteiger partial charge on any atom is 0.152 e. The number of halogens is 1. The first kappa shape index (κ1) is 10.8. The molecule has 1 N–H and O–H groups in total. The van der Waals surface area contributed by atoms with Crippen LogP contribution >= 0.6 is 11.6 Å². The number of nitrogens with one attached hydrogen (secondary N) is 1. The first-order valence-corrected chi connectivity index (χ1v) is 5.19. The van der Waals surface area contributed by atoms with Crippen molar-refractivity contribution in [3.63, 3.8) is 0 Å². The van der Waals surface area contributed by atoms with Gasteiger partial charge in [0.15, 0.2) is 11.0 Å². The molecule has 6 nitrogen and oxygen atoms in total. The van der Waals surface area contributed by atoms with E-state index in [0.717, 1.165) is 12.2 Å². The van der Waals surface area contributed by atoms with Crippen molar-refractivity contribution in [2.75, 3.05) is 11.9 Å². The van der Waals surface area contributed by atoms with Crippen molar-refractivity contribution < 1.29 is 0 Å². The van der Waals surface area contributed by atoms with Gasteiger partial charge in [0.25, 0.3) is 0 Å². The Morgan fingerprint density at radius 1 is 1.38 bits per heavy atom. The lowest BCUT2D eigenvalue weighted by Gasteiger charge is -2.02. The summed E-state index contributed by atoms with van der Waals surface area (Å²) in [6.45, 7) is 0.709. The standard InChI is InChI=1S/C9H11ClN6/c1-16-6-12-9(15-16)4-5-11-8-3-2-7(10)13-14-8/h2-3,6H,4-5H2,1H3,(H,11,14). The molecule has 0 unspecified atom stereocenters. The van der Waals surface area contributed by atoms with Gasteiger partial charge in [-0.2, -0.15) is 5.10 Å². The van der Waals surface area contributed by atoms with Gasteiger partial charge in [0.2, 0.25) is 0 Å². The van der Waals surface area contributed by atoms with Crippen LogP contribution in [0.1, 0.15) is 5.82 Å². The molecule has 0 aliphatic heterocycles. The van der Waals surface area contributed by atoms with E-state index in [-0.39, 0.29) is 0 Å². The van der Waals surface area contributed by atoms with Crippen LogP contribution in [0, 0.1) is 0 Å². The molecule has 0 aromatic carbocycles. The summed E-state index contributed by atoms with van der Waals surface area (Å²) >= 11 is 5.62. The monoisotopic (exact) mass is 238 g/mol. The first-order chi connectivity index (χ1) is 7.74. The summed E-state index contributed by atoms with van der Waals surface area (Å²) in [5.41, 5.74) is 0. The lowest BCUT2D eigenvalue weighted by molar-refractivity contribution is 0.741. The zero-order valence-corrected chi connectivity index (χ0v) is 9.52. The van der Waals surface area contributed by atoms with Gasteiger partial charge in [-0.15, -0.1) is 10.2 Å². The maximum absolute atomic E-state index is 5.62. The van der Waals surface area contributed by atoms with Crippen LogP contribution in [-0.2, 0) is 13.5 Å². The molecule has 16 heavy (non-hydrogen) atoms. The van der Waals surface area contributed by atoms with Crippen LogP contribution in [0.25, 0.3) is 0 Å². The molecular weight excluding hydrogens is 228 g/mol. The Bertz CT molecular complexity index is 451. The van der Waals surface area contributed by atoms with Crippen LogP contribution in [0.2, 0.25) is 5.15 Å². The van der Waals surface area contributed by atoms with Crippen molar-refractivity contribution in [3.8, 4) is 0 Å². The minimum atomic E-state index is 0.386. The number of hydrogen-bond acceptors (Lipinski definition) is 5. The molecule has 0 aliphatic rings. The van der Waals surface area contributed by atoms with Crippen LogP contribution in [-0.4, -0.2) is 31.5 Å². The van der Waals surface area contributed by atoms with E-state index in [1.807, 2.05) is 7.05 Å². The van der Waals surface area contributed by atoms with E-state index < -0.39 is 0 Å². The molecule has 0 radical (unpaired) electrons. The van der Waals surface area contributed by atoms with Crippen LogP contribution in [0.15, 0.2) is 18.5 Å². The van der Waals surface area contributed by atoms with Crippen molar-refractivity contribution in [1.29, 1.82) is 0 Å². The fourth-order valence-electron chi connectivity index (χ4n) is 1.21. The second-order valence-corrected chi connectivity index (χ2v) is 3.64. The van der Waals surface area contributed by atoms with E-state index in [1.54, 1.807) is 23.1 Å². The fraction of sp³-hybridized carbons (Fsp3) is 0.333. The van der Waals surface area contributed by atoms with Gasteiger partial charge in [0, 0.05) is 20.0 Å². The SMILES string of the molecule is Cn1cnc(CCNc2ccc(Cl)nn2)n1. The molecule has 0 saturated carbocycles. The lowest BCUT2D eigenvalue weighted by Crippen LogP contribution is -2.08. The van der Waals surface area contributed by atoms with E-state index in [0.29, 0.717) is 17.5 Å². The van der Waals surface area contributed by atoms with Gasteiger partial charge in [-0.25, -0.2) is 4.98 Å². The summed E-state index contributed by atoms with van der Waals surface area (Å²) in [6.07, 6.45) is 2.42. The van der Waals surface area contributed by atoms with E-state index in [4.69, 9.17) is 11.6 Å². The maximum atomic E-state index is 5.62. The van der Waals surface area contributed by atoms with Gasteiger partial charge >= 0.3 is 0 Å². The molecule has 2 aromatic rings. The van der Waals surface area contributed by atoms with E-state index in [1.165, 1.54) is 0 Å².